The van der Waals surface area contributed by atoms with Crippen molar-refractivity contribution in [2.24, 2.45) is 16.8 Å². The van der Waals surface area contributed by atoms with Gasteiger partial charge in [0, 0.05) is 13.1 Å². The van der Waals surface area contributed by atoms with Crippen LogP contribution < -0.4 is 10.6 Å². The zero-order valence-electron chi connectivity index (χ0n) is 9.76. The van der Waals surface area contributed by atoms with Crippen molar-refractivity contribution in [3.8, 4) is 0 Å². The Kier molecular flexibility index (Phi) is 3.87. The van der Waals surface area contributed by atoms with Crippen LogP contribution in [0.15, 0.2) is 4.99 Å². The molecule has 2 aliphatic rings. The number of nitrogens with zero attached hydrogens (tertiary/aromatic N) is 1. The summed E-state index contributed by atoms with van der Waals surface area (Å²) in [5, 5.41) is 6.62. The van der Waals surface area contributed by atoms with E-state index in [-0.39, 0.29) is 0 Å². The lowest BCUT2D eigenvalue weighted by molar-refractivity contribution is 0.278. The molecule has 3 nitrogen and oxygen atoms in total. The molecule has 0 unspecified atom stereocenters. The van der Waals surface area contributed by atoms with Crippen LogP contribution >= 0.6 is 0 Å². The first-order valence-electron chi connectivity index (χ1n) is 6.37. The summed E-state index contributed by atoms with van der Waals surface area (Å²) in [5.41, 5.74) is 0. The second-order valence-corrected chi connectivity index (χ2v) is 5.00. The van der Waals surface area contributed by atoms with Crippen LogP contribution in [0.1, 0.15) is 39.0 Å². The topological polar surface area (TPSA) is 36.4 Å². The van der Waals surface area contributed by atoms with E-state index in [1.165, 1.54) is 32.1 Å². The lowest BCUT2D eigenvalue weighted by Crippen LogP contribution is -2.35. The molecule has 86 valence electrons. The molecule has 0 atom stereocenters. The van der Waals surface area contributed by atoms with E-state index in [9.17, 15) is 0 Å². The van der Waals surface area contributed by atoms with Crippen LogP contribution in [0.3, 0.4) is 0 Å². The molecule has 0 radical (unpaired) electrons. The molecule has 0 aromatic heterocycles. The number of guanidine groups is 1. The first-order chi connectivity index (χ1) is 7.34. The molecule has 0 bridgehead atoms. The maximum Gasteiger partial charge on any atom is 0.191 e. The Bertz CT molecular complexity index is 217. The number of rotatable bonds is 3. The van der Waals surface area contributed by atoms with Gasteiger partial charge in [-0.15, -0.1) is 0 Å². The predicted molar refractivity (Wildman–Crippen MR) is 64.0 cm³/mol. The van der Waals surface area contributed by atoms with Crippen LogP contribution in [-0.2, 0) is 0 Å². The fourth-order valence-electron chi connectivity index (χ4n) is 2.53. The van der Waals surface area contributed by atoms with Crippen LogP contribution in [0, 0.1) is 11.8 Å². The average Bonchev–Trinajstić information content (AvgIpc) is 2.74. The maximum atomic E-state index is 4.32. The Labute approximate surface area is 92.7 Å². The van der Waals surface area contributed by atoms with Gasteiger partial charge in [0.05, 0.1) is 6.54 Å². The average molecular weight is 209 g/mol. The van der Waals surface area contributed by atoms with Crippen molar-refractivity contribution >= 4 is 5.96 Å². The fraction of sp³-hybridized carbons (Fsp3) is 0.917. The maximum absolute atomic E-state index is 4.32. The summed E-state index contributed by atoms with van der Waals surface area (Å²) in [5.74, 6) is 2.94. The highest BCUT2D eigenvalue weighted by atomic mass is 15.2. The fourth-order valence-corrected chi connectivity index (χ4v) is 2.53. The van der Waals surface area contributed by atoms with Crippen molar-refractivity contribution in [1.82, 2.24) is 10.6 Å². The van der Waals surface area contributed by atoms with Gasteiger partial charge in [0.15, 0.2) is 5.96 Å². The molecule has 2 N–H and O–H groups in total. The standard InChI is InChI=1S/C12H23N3/c1-10-2-4-11(5-3-10)6-7-13-12-14-8-9-15-12/h10-11H,2-9H2,1H3,(H2,13,14,15). The van der Waals surface area contributed by atoms with Crippen molar-refractivity contribution in [3.05, 3.63) is 0 Å². The molecule has 0 saturated heterocycles. The van der Waals surface area contributed by atoms with Gasteiger partial charge in [-0.25, -0.2) is 0 Å². The molecule has 2 rings (SSSR count). The largest absolute Gasteiger partial charge is 0.356 e. The van der Waals surface area contributed by atoms with Gasteiger partial charge in [0.1, 0.15) is 0 Å². The smallest absolute Gasteiger partial charge is 0.191 e. The molecular weight excluding hydrogens is 186 g/mol. The third-order valence-corrected chi connectivity index (χ3v) is 3.65. The Morgan fingerprint density at radius 2 is 2.13 bits per heavy atom. The third-order valence-electron chi connectivity index (χ3n) is 3.65. The minimum absolute atomic E-state index is 0.934. The van der Waals surface area contributed by atoms with Crippen LogP contribution in [0.5, 0.6) is 0 Å². The lowest BCUT2D eigenvalue weighted by atomic mass is 9.81. The second-order valence-electron chi connectivity index (χ2n) is 5.00. The summed E-state index contributed by atoms with van der Waals surface area (Å²) in [7, 11) is 0. The van der Waals surface area contributed by atoms with Gasteiger partial charge in [0.2, 0.25) is 0 Å². The summed E-state index contributed by atoms with van der Waals surface area (Å²) in [6, 6.07) is 0. The molecule has 1 aliphatic heterocycles. The summed E-state index contributed by atoms with van der Waals surface area (Å²) in [4.78, 5) is 4.32. The highest BCUT2D eigenvalue weighted by Crippen LogP contribution is 2.29. The third kappa shape index (κ3) is 3.40. The van der Waals surface area contributed by atoms with Gasteiger partial charge in [-0.2, -0.15) is 0 Å². The molecule has 1 heterocycles. The Morgan fingerprint density at radius 1 is 1.33 bits per heavy atom. The van der Waals surface area contributed by atoms with Crippen LogP contribution in [-0.4, -0.2) is 25.6 Å². The molecule has 3 heteroatoms. The monoisotopic (exact) mass is 209 g/mol. The van der Waals surface area contributed by atoms with Gasteiger partial charge in [-0.05, 0) is 18.3 Å². The molecule has 15 heavy (non-hydrogen) atoms. The van der Waals surface area contributed by atoms with Crippen molar-refractivity contribution in [1.29, 1.82) is 0 Å². The molecule has 1 fully saturated rings. The van der Waals surface area contributed by atoms with Crippen LogP contribution in [0.4, 0.5) is 0 Å². The molecule has 1 aliphatic carbocycles. The Balaban J connectivity index is 1.57. The first-order valence-corrected chi connectivity index (χ1v) is 6.37. The second kappa shape index (κ2) is 5.38. The summed E-state index contributed by atoms with van der Waals surface area (Å²) in [6.45, 7) is 5.41. The number of hydrogen-bond acceptors (Lipinski definition) is 3. The van der Waals surface area contributed by atoms with Crippen LogP contribution in [0.2, 0.25) is 0 Å². The molecule has 1 saturated carbocycles. The number of nitrogens with one attached hydrogen (secondary N) is 2. The Hall–Kier alpha value is -0.730. The van der Waals surface area contributed by atoms with Crippen LogP contribution in [0.25, 0.3) is 0 Å². The van der Waals surface area contributed by atoms with E-state index in [4.69, 9.17) is 0 Å². The zero-order valence-corrected chi connectivity index (χ0v) is 9.76. The van der Waals surface area contributed by atoms with Crippen molar-refractivity contribution < 1.29 is 0 Å². The lowest BCUT2D eigenvalue weighted by Gasteiger charge is -2.26. The van der Waals surface area contributed by atoms with Crippen molar-refractivity contribution in [3.63, 3.8) is 0 Å². The van der Waals surface area contributed by atoms with Crippen molar-refractivity contribution in [2.45, 2.75) is 39.0 Å². The van der Waals surface area contributed by atoms with E-state index >= 15 is 0 Å². The SMILES string of the molecule is CC1CCC(CCNC2=NCCN2)CC1. The minimum atomic E-state index is 0.934. The van der Waals surface area contributed by atoms with E-state index in [1.54, 1.807) is 0 Å². The summed E-state index contributed by atoms with van der Waals surface area (Å²) < 4.78 is 0. The number of hydrogen-bond donors (Lipinski definition) is 2. The van der Waals surface area contributed by atoms with Gasteiger partial charge in [-0.3, -0.25) is 4.99 Å². The molecule has 0 amide bonds. The van der Waals surface area contributed by atoms with Gasteiger partial charge in [-0.1, -0.05) is 32.6 Å². The normalized spacial score (nSPS) is 30.9. The highest BCUT2D eigenvalue weighted by molar-refractivity contribution is 5.81. The Morgan fingerprint density at radius 3 is 2.80 bits per heavy atom. The summed E-state index contributed by atoms with van der Waals surface area (Å²) >= 11 is 0. The first kappa shape index (κ1) is 10.8. The predicted octanol–water partition coefficient (Wildman–Crippen LogP) is 1.75. The van der Waals surface area contributed by atoms with E-state index in [2.05, 4.69) is 22.5 Å². The number of aliphatic imine (C=N–C) groups is 1. The van der Waals surface area contributed by atoms with E-state index in [1.807, 2.05) is 0 Å². The van der Waals surface area contributed by atoms with E-state index in [0.717, 1.165) is 37.4 Å². The quantitative estimate of drug-likeness (QED) is 0.743. The zero-order chi connectivity index (χ0) is 10.5. The molecule has 0 aromatic carbocycles. The minimum Gasteiger partial charge on any atom is -0.356 e. The molecule has 0 aromatic rings. The van der Waals surface area contributed by atoms with E-state index in [0.29, 0.717) is 0 Å². The highest BCUT2D eigenvalue weighted by Gasteiger charge is 2.17. The van der Waals surface area contributed by atoms with Gasteiger partial charge in [0.25, 0.3) is 0 Å². The van der Waals surface area contributed by atoms with E-state index < -0.39 is 0 Å². The molecular formula is C12H23N3. The summed E-state index contributed by atoms with van der Waals surface area (Å²) in [6.07, 6.45) is 7.05. The van der Waals surface area contributed by atoms with Gasteiger partial charge >= 0.3 is 0 Å². The molecule has 0 spiro atoms. The van der Waals surface area contributed by atoms with Crippen molar-refractivity contribution in [2.75, 3.05) is 19.6 Å². The van der Waals surface area contributed by atoms with Gasteiger partial charge < -0.3 is 10.6 Å².